The molecule has 5 rings (SSSR count). The minimum atomic E-state index is -4.53. The highest BCUT2D eigenvalue weighted by Gasteiger charge is 2.67. The van der Waals surface area contributed by atoms with Gasteiger partial charge in [0, 0.05) is 12.5 Å². The number of fused-ring (bicyclic) bond motifs is 1. The Balaban J connectivity index is 1.31. The zero-order valence-corrected chi connectivity index (χ0v) is 19.1. The van der Waals surface area contributed by atoms with E-state index in [0.29, 0.717) is 6.42 Å². The highest BCUT2D eigenvalue weighted by atomic mass is 32.2. The lowest BCUT2D eigenvalue weighted by Crippen LogP contribution is -2.73. The lowest BCUT2D eigenvalue weighted by atomic mass is 9.91. The molecule has 2 amide bonds. The van der Waals surface area contributed by atoms with Crippen molar-refractivity contribution in [1.82, 2.24) is 9.80 Å². The number of likely N-dealkylation sites (tertiary alicyclic amines) is 1. The third kappa shape index (κ3) is 3.42. The summed E-state index contributed by atoms with van der Waals surface area (Å²) < 4.78 is 40.2. The third-order valence-electron chi connectivity index (χ3n) is 7.28. The van der Waals surface area contributed by atoms with Crippen molar-refractivity contribution < 1.29 is 27.9 Å². The molecule has 0 aromatic heterocycles. The molecule has 34 heavy (non-hydrogen) atoms. The molecule has 3 aliphatic rings. The zero-order valence-electron chi connectivity index (χ0n) is 18.3. The number of amides is 2. The molecule has 10 heteroatoms. The van der Waals surface area contributed by atoms with E-state index >= 15 is 0 Å². The van der Waals surface area contributed by atoms with Crippen LogP contribution in [0.3, 0.4) is 0 Å². The van der Waals surface area contributed by atoms with Gasteiger partial charge in [-0.2, -0.15) is 13.2 Å². The number of rotatable bonds is 5. The van der Waals surface area contributed by atoms with Gasteiger partial charge in [0.2, 0.25) is 5.91 Å². The summed E-state index contributed by atoms with van der Waals surface area (Å²) in [7, 11) is 0. The van der Waals surface area contributed by atoms with E-state index in [2.05, 4.69) is 0 Å². The number of hydrogen-bond acceptors (Lipinski definition) is 5. The Kier molecular flexibility index (Phi) is 5.27. The average molecular weight is 492 g/mol. The standard InChI is InChI=1S/C24H24F3N3O3S/c1-22-18(20(32)30(22)12-15-9-5-6-10-16(15)24(25,26)27)29(13-34-22)21(33)19(31)23(28)11-17(23)14-7-3-2-4-8-14/h2-10,17-19,31H,11-13,28H2,1H3/t17-,18+,19+,22?,23+/m0/s1. The van der Waals surface area contributed by atoms with Crippen molar-refractivity contribution in [2.45, 2.75) is 54.5 Å². The van der Waals surface area contributed by atoms with Crippen LogP contribution >= 0.6 is 11.8 Å². The van der Waals surface area contributed by atoms with Gasteiger partial charge in [0.1, 0.15) is 10.9 Å². The van der Waals surface area contributed by atoms with Crippen LogP contribution in [0.1, 0.15) is 36.0 Å². The van der Waals surface area contributed by atoms with Crippen molar-refractivity contribution in [2.24, 2.45) is 5.73 Å². The molecule has 2 heterocycles. The number of thioether (sulfide) groups is 1. The Bertz CT molecular complexity index is 1150. The second-order valence-corrected chi connectivity index (χ2v) is 10.7. The maximum Gasteiger partial charge on any atom is 0.416 e. The number of nitrogens with two attached hydrogens (primary N) is 1. The molecule has 2 saturated heterocycles. The number of carbonyl (C=O) groups is 2. The molecule has 1 saturated carbocycles. The molecule has 3 fully saturated rings. The summed E-state index contributed by atoms with van der Waals surface area (Å²) in [6.45, 7) is 1.53. The van der Waals surface area contributed by atoms with E-state index in [-0.39, 0.29) is 23.9 Å². The molecule has 1 unspecified atom stereocenters. The molecule has 2 aromatic carbocycles. The van der Waals surface area contributed by atoms with Gasteiger partial charge in [-0.15, -0.1) is 11.8 Å². The van der Waals surface area contributed by atoms with Crippen LogP contribution in [-0.4, -0.2) is 55.2 Å². The van der Waals surface area contributed by atoms with E-state index in [9.17, 15) is 27.9 Å². The van der Waals surface area contributed by atoms with Gasteiger partial charge in [0.25, 0.3) is 5.91 Å². The Labute approximate surface area is 198 Å². The summed E-state index contributed by atoms with van der Waals surface area (Å²) >= 11 is 1.30. The van der Waals surface area contributed by atoms with Crippen LogP contribution < -0.4 is 5.73 Å². The smallest absolute Gasteiger partial charge is 0.381 e. The number of alkyl halides is 3. The first-order valence-electron chi connectivity index (χ1n) is 10.9. The monoisotopic (exact) mass is 491 g/mol. The largest absolute Gasteiger partial charge is 0.416 e. The molecular formula is C24H24F3N3O3S. The van der Waals surface area contributed by atoms with Crippen LogP contribution in [0.5, 0.6) is 0 Å². The zero-order chi connectivity index (χ0) is 24.5. The van der Waals surface area contributed by atoms with E-state index < -0.39 is 46.1 Å². The number of benzene rings is 2. The van der Waals surface area contributed by atoms with Gasteiger partial charge < -0.3 is 20.6 Å². The van der Waals surface area contributed by atoms with E-state index in [0.717, 1.165) is 11.6 Å². The molecule has 0 spiro atoms. The second-order valence-electron chi connectivity index (χ2n) is 9.30. The lowest BCUT2D eigenvalue weighted by Gasteiger charge is -2.53. The molecular weight excluding hydrogens is 467 g/mol. The number of aliphatic hydroxyl groups is 1. The van der Waals surface area contributed by atoms with Gasteiger partial charge in [0.05, 0.1) is 17.0 Å². The van der Waals surface area contributed by atoms with Gasteiger partial charge in [-0.3, -0.25) is 9.59 Å². The first-order valence-corrected chi connectivity index (χ1v) is 11.9. The maximum absolute atomic E-state index is 13.4. The van der Waals surface area contributed by atoms with E-state index in [1.54, 1.807) is 6.92 Å². The number of hydrogen-bond donors (Lipinski definition) is 2. The number of nitrogens with zero attached hydrogens (tertiary/aromatic N) is 2. The van der Waals surface area contributed by atoms with Crippen LogP contribution in [0, 0.1) is 0 Å². The van der Waals surface area contributed by atoms with Crippen molar-refractivity contribution in [3.8, 4) is 0 Å². The Morgan fingerprint density at radius 3 is 2.53 bits per heavy atom. The topological polar surface area (TPSA) is 86.9 Å². The molecule has 2 aliphatic heterocycles. The van der Waals surface area contributed by atoms with Gasteiger partial charge >= 0.3 is 6.18 Å². The summed E-state index contributed by atoms with van der Waals surface area (Å²) in [4.78, 5) is 28.0. The summed E-state index contributed by atoms with van der Waals surface area (Å²) in [5, 5.41) is 10.9. The summed E-state index contributed by atoms with van der Waals surface area (Å²) in [6.07, 6.45) is -5.57. The van der Waals surface area contributed by atoms with Gasteiger partial charge in [-0.1, -0.05) is 48.5 Å². The summed E-state index contributed by atoms with van der Waals surface area (Å²) in [5.74, 6) is -1.08. The van der Waals surface area contributed by atoms with Crippen LogP contribution in [-0.2, 0) is 22.3 Å². The molecule has 1 aliphatic carbocycles. The molecule has 3 N–H and O–H groups in total. The third-order valence-corrected chi connectivity index (χ3v) is 8.71. The number of carbonyl (C=O) groups excluding carboxylic acids is 2. The van der Waals surface area contributed by atoms with E-state index in [4.69, 9.17) is 5.73 Å². The number of β-lactam (4-membered cyclic amide) rings is 1. The lowest BCUT2D eigenvalue weighted by molar-refractivity contribution is -0.168. The fourth-order valence-corrected chi connectivity index (χ4v) is 6.53. The number of aliphatic hydroxyl groups excluding tert-OH is 1. The molecule has 6 nitrogen and oxygen atoms in total. The second kappa shape index (κ2) is 7.73. The highest BCUT2D eigenvalue weighted by Crippen LogP contribution is 2.55. The van der Waals surface area contributed by atoms with Crippen molar-refractivity contribution in [1.29, 1.82) is 0 Å². The molecule has 2 aromatic rings. The van der Waals surface area contributed by atoms with Gasteiger partial charge in [-0.25, -0.2) is 0 Å². The predicted octanol–water partition coefficient (Wildman–Crippen LogP) is 2.91. The number of halogens is 3. The predicted molar refractivity (Wildman–Crippen MR) is 120 cm³/mol. The Hall–Kier alpha value is -2.56. The maximum atomic E-state index is 13.4. The Morgan fingerprint density at radius 1 is 1.21 bits per heavy atom. The van der Waals surface area contributed by atoms with Crippen molar-refractivity contribution in [3.05, 3.63) is 71.3 Å². The van der Waals surface area contributed by atoms with Crippen molar-refractivity contribution >= 4 is 23.6 Å². The first kappa shape index (κ1) is 23.2. The SMILES string of the molecule is CC12SCN(C(=O)[C@@H](O)[C@@]3(N)C[C@H]3c3ccccc3)[C@@H]1C(=O)N2Cc1ccccc1C(F)(F)F. The van der Waals surface area contributed by atoms with Gasteiger partial charge in [0.15, 0.2) is 6.10 Å². The van der Waals surface area contributed by atoms with E-state index in [1.807, 2.05) is 30.3 Å². The average Bonchev–Trinajstić information content (AvgIpc) is 3.41. The summed E-state index contributed by atoms with van der Waals surface area (Å²) in [5.41, 5.74) is 5.42. The fourth-order valence-electron chi connectivity index (χ4n) is 5.16. The molecule has 0 radical (unpaired) electrons. The van der Waals surface area contributed by atoms with Crippen LogP contribution in [0.2, 0.25) is 0 Å². The first-order chi connectivity index (χ1) is 16.0. The van der Waals surface area contributed by atoms with Crippen molar-refractivity contribution in [2.75, 3.05) is 5.88 Å². The van der Waals surface area contributed by atoms with Crippen LogP contribution in [0.15, 0.2) is 54.6 Å². The van der Waals surface area contributed by atoms with Gasteiger partial charge in [-0.05, 0) is 30.5 Å². The van der Waals surface area contributed by atoms with Crippen LogP contribution in [0.25, 0.3) is 0 Å². The summed E-state index contributed by atoms with van der Waals surface area (Å²) in [6, 6.07) is 13.7. The highest BCUT2D eigenvalue weighted by molar-refractivity contribution is 8.01. The van der Waals surface area contributed by atoms with E-state index in [1.165, 1.54) is 39.8 Å². The molecule has 5 atom stereocenters. The Morgan fingerprint density at radius 2 is 1.85 bits per heavy atom. The normalized spacial score (nSPS) is 31.2. The van der Waals surface area contributed by atoms with Crippen LogP contribution in [0.4, 0.5) is 13.2 Å². The fraction of sp³-hybridized carbons (Fsp3) is 0.417. The minimum absolute atomic E-state index is 0.00182. The quantitative estimate of drug-likeness (QED) is 0.629. The minimum Gasteiger partial charge on any atom is -0.381 e. The van der Waals surface area contributed by atoms with Crippen molar-refractivity contribution in [3.63, 3.8) is 0 Å². The molecule has 180 valence electrons. The molecule has 0 bridgehead atoms.